The van der Waals surface area contributed by atoms with Crippen molar-refractivity contribution in [1.82, 2.24) is 25.0 Å². The van der Waals surface area contributed by atoms with Crippen LogP contribution in [0.15, 0.2) is 35.6 Å². The second kappa shape index (κ2) is 7.91. The number of carbonyl (C=O) groups is 2. The van der Waals surface area contributed by atoms with Gasteiger partial charge in [-0.3, -0.25) is 4.79 Å². The Morgan fingerprint density at radius 1 is 1.23 bits per heavy atom. The number of amides is 1. The van der Waals surface area contributed by atoms with Crippen LogP contribution in [0.4, 0.5) is 5.69 Å². The summed E-state index contributed by atoms with van der Waals surface area (Å²) in [5.41, 5.74) is 2.20. The van der Waals surface area contributed by atoms with Gasteiger partial charge in [0.15, 0.2) is 11.2 Å². The van der Waals surface area contributed by atoms with Crippen molar-refractivity contribution in [2.75, 3.05) is 17.7 Å². The van der Waals surface area contributed by atoms with Crippen molar-refractivity contribution in [3.8, 4) is 0 Å². The molecule has 0 unspecified atom stereocenters. The molecule has 2 heterocycles. The number of rotatable bonds is 6. The number of esters is 1. The molecule has 10 heteroatoms. The van der Waals surface area contributed by atoms with E-state index in [1.165, 1.54) is 18.1 Å². The van der Waals surface area contributed by atoms with Gasteiger partial charge in [-0.15, -0.1) is 5.10 Å². The fourth-order valence-corrected chi connectivity index (χ4v) is 2.90. The first kappa shape index (κ1) is 17.8. The summed E-state index contributed by atoms with van der Waals surface area (Å²) in [5.74, 6) is -0.435. The number of hydrogen-bond acceptors (Lipinski definition) is 8. The van der Waals surface area contributed by atoms with Gasteiger partial charge in [0.05, 0.1) is 17.9 Å². The van der Waals surface area contributed by atoms with Crippen LogP contribution in [0.2, 0.25) is 0 Å². The lowest BCUT2D eigenvalue weighted by atomic mass is 10.2. The molecule has 2 aromatic heterocycles. The van der Waals surface area contributed by atoms with Gasteiger partial charge >= 0.3 is 5.97 Å². The molecule has 0 aliphatic heterocycles. The third-order valence-corrected chi connectivity index (χ3v) is 4.35. The summed E-state index contributed by atoms with van der Waals surface area (Å²) in [7, 11) is 1.74. The van der Waals surface area contributed by atoms with E-state index >= 15 is 0 Å². The summed E-state index contributed by atoms with van der Waals surface area (Å²) >= 11 is 1.25. The van der Waals surface area contributed by atoms with Crippen molar-refractivity contribution in [2.45, 2.75) is 11.9 Å². The molecule has 0 radical (unpaired) electrons. The van der Waals surface area contributed by atoms with Gasteiger partial charge in [-0.05, 0) is 31.2 Å². The second-order valence-electron chi connectivity index (χ2n) is 5.20. The van der Waals surface area contributed by atoms with Gasteiger partial charge in [0.1, 0.15) is 11.4 Å². The zero-order valence-electron chi connectivity index (χ0n) is 14.2. The van der Waals surface area contributed by atoms with Gasteiger partial charge in [-0.25, -0.2) is 19.4 Å². The van der Waals surface area contributed by atoms with E-state index < -0.39 is 5.97 Å². The van der Waals surface area contributed by atoms with Crippen molar-refractivity contribution < 1.29 is 14.3 Å². The van der Waals surface area contributed by atoms with Crippen LogP contribution in [0.3, 0.4) is 0 Å². The number of fused-ring (bicyclic) bond motifs is 1. The molecule has 0 atom stereocenters. The Balaban J connectivity index is 1.59. The molecule has 3 aromatic rings. The Morgan fingerprint density at radius 2 is 2.00 bits per heavy atom. The predicted octanol–water partition coefficient (Wildman–Crippen LogP) is 1.67. The van der Waals surface area contributed by atoms with Crippen molar-refractivity contribution in [2.24, 2.45) is 7.05 Å². The fraction of sp³-hybridized carbons (Fsp3) is 0.250. The number of hydrogen-bond donors (Lipinski definition) is 1. The quantitative estimate of drug-likeness (QED) is 0.395. The van der Waals surface area contributed by atoms with E-state index in [1.54, 1.807) is 42.9 Å². The van der Waals surface area contributed by atoms with Gasteiger partial charge in [0.2, 0.25) is 5.91 Å². The summed E-state index contributed by atoms with van der Waals surface area (Å²) in [6, 6.07) is 6.52. The highest BCUT2D eigenvalue weighted by molar-refractivity contribution is 8.00. The average molecular weight is 372 g/mol. The fourth-order valence-electron chi connectivity index (χ4n) is 2.17. The standard InChI is InChI=1S/C16H16N6O3S/c1-3-25-16(24)10-4-6-11(7-5-10)19-12(23)8-26-15-13-14(17-9-18-15)22(2)21-20-13/h4-7,9H,3,8H2,1-2H3,(H,19,23). The Kier molecular flexibility index (Phi) is 5.42. The maximum Gasteiger partial charge on any atom is 0.338 e. The van der Waals surface area contributed by atoms with Crippen LogP contribution in [0.25, 0.3) is 11.2 Å². The molecule has 0 aliphatic carbocycles. The lowest BCUT2D eigenvalue weighted by Gasteiger charge is -2.06. The van der Waals surface area contributed by atoms with E-state index in [2.05, 4.69) is 25.6 Å². The first-order valence-electron chi connectivity index (χ1n) is 7.78. The minimum absolute atomic E-state index is 0.155. The number of nitrogens with zero attached hydrogens (tertiary/aromatic N) is 5. The van der Waals surface area contributed by atoms with Crippen LogP contribution in [0.5, 0.6) is 0 Å². The summed E-state index contributed by atoms with van der Waals surface area (Å²) in [6.07, 6.45) is 1.42. The number of aromatic nitrogens is 5. The molecule has 0 fully saturated rings. The third kappa shape index (κ3) is 3.97. The van der Waals surface area contributed by atoms with Crippen LogP contribution >= 0.6 is 11.8 Å². The van der Waals surface area contributed by atoms with Crippen molar-refractivity contribution in [3.05, 3.63) is 36.2 Å². The number of anilines is 1. The molecule has 1 aromatic carbocycles. The highest BCUT2D eigenvalue weighted by Gasteiger charge is 2.12. The highest BCUT2D eigenvalue weighted by Crippen LogP contribution is 2.22. The Hall–Kier alpha value is -3.01. The Morgan fingerprint density at radius 3 is 2.73 bits per heavy atom. The maximum absolute atomic E-state index is 12.1. The summed E-state index contributed by atoms with van der Waals surface area (Å²) in [6.45, 7) is 2.06. The molecule has 0 bridgehead atoms. The van der Waals surface area contributed by atoms with Gasteiger partial charge in [0.25, 0.3) is 0 Å². The molecular formula is C16H16N6O3S. The monoisotopic (exact) mass is 372 g/mol. The van der Waals surface area contributed by atoms with Gasteiger partial charge < -0.3 is 10.1 Å². The van der Waals surface area contributed by atoms with Crippen LogP contribution in [0, 0.1) is 0 Å². The van der Waals surface area contributed by atoms with Gasteiger partial charge in [-0.1, -0.05) is 17.0 Å². The highest BCUT2D eigenvalue weighted by atomic mass is 32.2. The van der Waals surface area contributed by atoms with E-state index in [1.807, 2.05) is 0 Å². The van der Waals surface area contributed by atoms with E-state index in [9.17, 15) is 9.59 Å². The number of benzene rings is 1. The Labute approximate surface area is 153 Å². The number of aryl methyl sites for hydroxylation is 1. The summed E-state index contributed by atoms with van der Waals surface area (Å²) in [5, 5.41) is 11.3. The van der Waals surface area contributed by atoms with E-state index in [-0.39, 0.29) is 11.7 Å². The van der Waals surface area contributed by atoms with Crippen LogP contribution in [-0.2, 0) is 16.6 Å². The largest absolute Gasteiger partial charge is 0.462 e. The van der Waals surface area contributed by atoms with E-state index in [0.717, 1.165) is 0 Å². The molecule has 9 nitrogen and oxygen atoms in total. The van der Waals surface area contributed by atoms with Crippen LogP contribution in [-0.4, -0.2) is 49.2 Å². The number of ether oxygens (including phenoxy) is 1. The molecule has 1 N–H and O–H groups in total. The van der Waals surface area contributed by atoms with Gasteiger partial charge in [0, 0.05) is 12.7 Å². The van der Waals surface area contributed by atoms with Crippen molar-refractivity contribution in [3.63, 3.8) is 0 Å². The predicted molar refractivity (Wildman–Crippen MR) is 95.9 cm³/mol. The first-order valence-corrected chi connectivity index (χ1v) is 8.77. The molecule has 0 aliphatic rings. The lowest BCUT2D eigenvalue weighted by Crippen LogP contribution is -2.14. The number of thioether (sulfide) groups is 1. The average Bonchev–Trinajstić information content (AvgIpc) is 3.02. The second-order valence-corrected chi connectivity index (χ2v) is 6.16. The molecule has 0 spiro atoms. The maximum atomic E-state index is 12.1. The number of nitrogens with one attached hydrogen (secondary N) is 1. The minimum atomic E-state index is -0.391. The van der Waals surface area contributed by atoms with Crippen LogP contribution < -0.4 is 5.32 Å². The number of carbonyl (C=O) groups excluding carboxylic acids is 2. The molecule has 0 saturated carbocycles. The molecule has 1 amide bonds. The van der Waals surface area contributed by atoms with E-state index in [4.69, 9.17) is 4.74 Å². The zero-order valence-corrected chi connectivity index (χ0v) is 15.0. The smallest absolute Gasteiger partial charge is 0.338 e. The molecule has 134 valence electrons. The van der Waals surface area contributed by atoms with Crippen LogP contribution in [0.1, 0.15) is 17.3 Å². The lowest BCUT2D eigenvalue weighted by molar-refractivity contribution is -0.113. The first-order chi connectivity index (χ1) is 12.6. The zero-order chi connectivity index (χ0) is 18.5. The Bertz CT molecular complexity index is 941. The summed E-state index contributed by atoms with van der Waals surface area (Å²) in [4.78, 5) is 32.0. The SMILES string of the molecule is CCOC(=O)c1ccc(NC(=O)CSc2ncnc3c2nnn3C)cc1. The third-order valence-electron chi connectivity index (χ3n) is 3.37. The molecule has 26 heavy (non-hydrogen) atoms. The van der Waals surface area contributed by atoms with E-state index in [0.29, 0.717) is 34.0 Å². The van der Waals surface area contributed by atoms with Gasteiger partial charge in [-0.2, -0.15) is 0 Å². The topological polar surface area (TPSA) is 112 Å². The minimum Gasteiger partial charge on any atom is -0.462 e. The molecule has 3 rings (SSSR count). The summed E-state index contributed by atoms with van der Waals surface area (Å²) < 4.78 is 6.47. The van der Waals surface area contributed by atoms with Crippen molar-refractivity contribution in [1.29, 1.82) is 0 Å². The molecule has 0 saturated heterocycles. The van der Waals surface area contributed by atoms with Crippen molar-refractivity contribution >= 4 is 40.5 Å². The molecular weight excluding hydrogens is 356 g/mol. The normalized spacial score (nSPS) is 10.7.